The first-order valence-corrected chi connectivity index (χ1v) is 7.98. The second kappa shape index (κ2) is 6.92. The van der Waals surface area contributed by atoms with Crippen molar-refractivity contribution in [3.05, 3.63) is 16.5 Å². The van der Waals surface area contributed by atoms with Crippen LogP contribution in [0.4, 0.5) is 13.2 Å². The molecule has 1 aromatic rings. The van der Waals surface area contributed by atoms with Gasteiger partial charge in [-0.2, -0.15) is 13.2 Å². The van der Waals surface area contributed by atoms with E-state index >= 15 is 0 Å². The topological polar surface area (TPSA) is 71.3 Å². The van der Waals surface area contributed by atoms with Crippen LogP contribution >= 0.6 is 15.9 Å². The highest BCUT2D eigenvalue weighted by atomic mass is 79.9. The van der Waals surface area contributed by atoms with Crippen LogP contribution in [0.1, 0.15) is 19.1 Å². The lowest BCUT2D eigenvalue weighted by Gasteiger charge is -2.07. The molecule has 1 aromatic heterocycles. The second-order valence-corrected chi connectivity index (χ2v) is 6.35. The number of hydrogen-bond donors (Lipinski definition) is 2. The predicted molar refractivity (Wildman–Crippen MR) is 69.6 cm³/mol. The largest absolute Gasteiger partial charge is 0.452 e. The van der Waals surface area contributed by atoms with Crippen LogP contribution in [0.5, 0.6) is 0 Å². The minimum atomic E-state index is -4.41. The summed E-state index contributed by atoms with van der Waals surface area (Å²) in [7, 11) is -4.04. The molecule has 5 nitrogen and oxygen atoms in total. The number of furan rings is 1. The summed E-state index contributed by atoms with van der Waals surface area (Å²) in [6.07, 6.45) is -5.64. The third-order valence-corrected chi connectivity index (χ3v) is 4.56. The van der Waals surface area contributed by atoms with Crippen LogP contribution in [0.2, 0.25) is 0 Å². The molecule has 0 radical (unpaired) electrons. The van der Waals surface area contributed by atoms with E-state index in [1.807, 2.05) is 11.6 Å². The predicted octanol–water partition coefficient (Wildman–Crippen LogP) is 2.38. The number of rotatable bonds is 7. The molecule has 1 heterocycles. The van der Waals surface area contributed by atoms with Crippen LogP contribution < -0.4 is 10.0 Å². The summed E-state index contributed by atoms with van der Waals surface area (Å²) < 4.78 is 66.6. The summed E-state index contributed by atoms with van der Waals surface area (Å²) >= 11 is 2.94. The van der Waals surface area contributed by atoms with Gasteiger partial charge in [0.05, 0.1) is 13.0 Å². The van der Waals surface area contributed by atoms with E-state index in [4.69, 9.17) is 4.42 Å². The minimum Gasteiger partial charge on any atom is -0.452 e. The monoisotopic (exact) mass is 378 g/mol. The van der Waals surface area contributed by atoms with E-state index in [0.29, 0.717) is 18.8 Å². The summed E-state index contributed by atoms with van der Waals surface area (Å²) in [6, 6.07) is 1.27. The van der Waals surface area contributed by atoms with Gasteiger partial charge in [-0.15, -0.1) is 0 Å². The zero-order valence-electron chi connectivity index (χ0n) is 10.6. The molecule has 10 heteroatoms. The third kappa shape index (κ3) is 5.43. The van der Waals surface area contributed by atoms with Gasteiger partial charge in [0.15, 0.2) is 4.67 Å². The Morgan fingerprint density at radius 1 is 1.40 bits per heavy atom. The Kier molecular flexibility index (Phi) is 6.05. The van der Waals surface area contributed by atoms with Crippen molar-refractivity contribution in [2.24, 2.45) is 0 Å². The molecule has 0 unspecified atom stereocenters. The number of sulfonamides is 1. The summed E-state index contributed by atoms with van der Waals surface area (Å²) in [5.74, 6) is 0.370. The fraction of sp³-hybridized carbons (Fsp3) is 0.600. The van der Waals surface area contributed by atoms with E-state index in [2.05, 4.69) is 21.2 Å². The maximum absolute atomic E-state index is 12.0. The molecule has 0 saturated carbocycles. The summed E-state index contributed by atoms with van der Waals surface area (Å²) in [5.41, 5.74) is 0. The first-order chi connectivity index (χ1) is 9.15. The van der Waals surface area contributed by atoms with E-state index in [1.54, 1.807) is 0 Å². The molecular formula is C10H14BrF3N2O3S. The van der Waals surface area contributed by atoms with Gasteiger partial charge in [0, 0.05) is 12.6 Å². The molecule has 0 saturated heterocycles. The van der Waals surface area contributed by atoms with E-state index in [9.17, 15) is 21.6 Å². The molecule has 20 heavy (non-hydrogen) atoms. The van der Waals surface area contributed by atoms with E-state index in [1.165, 1.54) is 6.07 Å². The molecule has 0 amide bonds. The van der Waals surface area contributed by atoms with Gasteiger partial charge in [0.1, 0.15) is 10.7 Å². The van der Waals surface area contributed by atoms with Gasteiger partial charge in [-0.1, -0.05) is 6.92 Å². The lowest BCUT2D eigenvalue weighted by molar-refractivity contribution is -0.132. The smallest absolute Gasteiger partial charge is 0.390 e. The van der Waals surface area contributed by atoms with Gasteiger partial charge in [0.2, 0.25) is 10.0 Å². The van der Waals surface area contributed by atoms with E-state index in [0.717, 1.165) is 0 Å². The van der Waals surface area contributed by atoms with Gasteiger partial charge in [0.25, 0.3) is 0 Å². The van der Waals surface area contributed by atoms with Crippen molar-refractivity contribution in [1.29, 1.82) is 0 Å². The fourth-order valence-electron chi connectivity index (χ4n) is 1.32. The Morgan fingerprint density at radius 3 is 2.60 bits per heavy atom. The zero-order valence-corrected chi connectivity index (χ0v) is 13.0. The van der Waals surface area contributed by atoms with Crippen molar-refractivity contribution in [3.63, 3.8) is 0 Å². The number of nitrogens with one attached hydrogen (secondary N) is 2. The lowest BCUT2D eigenvalue weighted by atomic mass is 10.4. The average Bonchev–Trinajstić information content (AvgIpc) is 2.66. The first-order valence-electron chi connectivity index (χ1n) is 5.71. The van der Waals surface area contributed by atoms with Crippen LogP contribution in [0.15, 0.2) is 20.0 Å². The molecule has 0 atom stereocenters. The molecular weight excluding hydrogens is 365 g/mol. The van der Waals surface area contributed by atoms with Crippen LogP contribution in [0.25, 0.3) is 0 Å². The van der Waals surface area contributed by atoms with Crippen LogP contribution in [0.3, 0.4) is 0 Å². The SMILES string of the molecule is CCNCc1cc(S(=O)(=O)NCCC(F)(F)F)c(Br)o1. The Bertz CT molecular complexity index is 542. The highest BCUT2D eigenvalue weighted by Crippen LogP contribution is 2.26. The Morgan fingerprint density at radius 2 is 2.05 bits per heavy atom. The standard InChI is InChI=1S/C10H14BrF3N2O3S/c1-2-15-6-7-5-8(9(11)19-7)20(17,18)16-4-3-10(12,13)14/h5,15-16H,2-4,6H2,1H3. The van der Waals surface area contributed by atoms with Gasteiger partial charge >= 0.3 is 6.18 Å². The van der Waals surface area contributed by atoms with Crippen LogP contribution in [-0.4, -0.2) is 27.7 Å². The molecule has 0 aliphatic rings. The molecule has 116 valence electrons. The molecule has 0 aliphatic heterocycles. The van der Waals surface area contributed by atoms with Crippen molar-refractivity contribution in [2.75, 3.05) is 13.1 Å². The summed E-state index contributed by atoms with van der Waals surface area (Å²) in [4.78, 5) is -0.215. The van der Waals surface area contributed by atoms with Crippen molar-refractivity contribution < 1.29 is 26.0 Å². The summed E-state index contributed by atoms with van der Waals surface area (Å²) in [6.45, 7) is 2.15. The van der Waals surface area contributed by atoms with Crippen LogP contribution in [-0.2, 0) is 16.6 Å². The molecule has 0 spiro atoms. The fourth-order valence-corrected chi connectivity index (χ4v) is 3.35. The molecule has 0 bridgehead atoms. The molecule has 0 aromatic carbocycles. The number of alkyl halides is 3. The third-order valence-electron chi connectivity index (χ3n) is 2.25. The minimum absolute atomic E-state index is 0.0371. The van der Waals surface area contributed by atoms with Gasteiger partial charge < -0.3 is 9.73 Å². The van der Waals surface area contributed by atoms with Crippen LogP contribution in [0, 0.1) is 0 Å². The highest BCUT2D eigenvalue weighted by molar-refractivity contribution is 9.10. The zero-order chi connectivity index (χ0) is 15.4. The van der Waals surface area contributed by atoms with E-state index < -0.39 is 29.2 Å². The highest BCUT2D eigenvalue weighted by Gasteiger charge is 2.28. The van der Waals surface area contributed by atoms with Crippen molar-refractivity contribution in [2.45, 2.75) is 31.0 Å². The number of hydrogen-bond acceptors (Lipinski definition) is 4. The quantitative estimate of drug-likeness (QED) is 0.763. The maximum atomic E-state index is 12.0. The van der Waals surface area contributed by atoms with Gasteiger partial charge in [-0.3, -0.25) is 0 Å². The first kappa shape index (κ1) is 17.5. The van der Waals surface area contributed by atoms with Gasteiger partial charge in [-0.05, 0) is 22.5 Å². The Balaban J connectivity index is 2.74. The summed E-state index contributed by atoms with van der Waals surface area (Å²) in [5, 5.41) is 2.94. The number of halogens is 4. The van der Waals surface area contributed by atoms with Crippen molar-refractivity contribution in [1.82, 2.24) is 10.0 Å². The second-order valence-electron chi connectivity index (χ2n) is 3.89. The van der Waals surface area contributed by atoms with E-state index in [-0.39, 0.29) is 9.56 Å². The van der Waals surface area contributed by atoms with Crippen molar-refractivity contribution in [3.8, 4) is 0 Å². The lowest BCUT2D eigenvalue weighted by Crippen LogP contribution is -2.28. The normalized spacial score (nSPS) is 12.8. The van der Waals surface area contributed by atoms with Crippen molar-refractivity contribution >= 4 is 26.0 Å². The Labute approximate surface area is 123 Å². The van der Waals surface area contributed by atoms with Gasteiger partial charge in [-0.25, -0.2) is 13.1 Å². The molecule has 2 N–H and O–H groups in total. The molecule has 0 fully saturated rings. The Hall–Kier alpha value is -0.580. The average molecular weight is 379 g/mol. The molecule has 0 aliphatic carbocycles. The molecule has 1 rings (SSSR count). The maximum Gasteiger partial charge on any atom is 0.390 e.